The normalized spacial score (nSPS) is 32.3. The summed E-state index contributed by atoms with van der Waals surface area (Å²) in [5.74, 6) is 0. The van der Waals surface area contributed by atoms with E-state index in [-0.39, 0.29) is 12.0 Å². The van der Waals surface area contributed by atoms with Crippen molar-refractivity contribution in [2.75, 3.05) is 26.2 Å². The van der Waals surface area contributed by atoms with Crippen molar-refractivity contribution in [3.8, 4) is 0 Å². The topological polar surface area (TPSA) is 12.5 Å². The van der Waals surface area contributed by atoms with Gasteiger partial charge < -0.3 is 0 Å². The first-order valence-corrected chi connectivity index (χ1v) is 4.84. The molecular weight excluding hydrogens is 176 g/mol. The summed E-state index contributed by atoms with van der Waals surface area (Å²) in [6.07, 6.45) is 1.99. The Kier molecular flexibility index (Phi) is 2.51. The minimum absolute atomic E-state index is 0.0127. The van der Waals surface area contributed by atoms with Crippen LogP contribution in [0.1, 0.15) is 19.3 Å². The average Bonchev–Trinajstić information content (AvgIpc) is 2.70. The number of alkyl halides is 1. The third-order valence-electron chi connectivity index (χ3n) is 3.09. The van der Waals surface area contributed by atoms with Crippen LogP contribution < -0.4 is 0 Å². The van der Waals surface area contributed by atoms with Gasteiger partial charge in [-0.05, 0) is 23.8 Å². The minimum Gasteiger partial charge on any atom is -0.300 e. The lowest BCUT2D eigenvalue weighted by Gasteiger charge is -2.20. The Morgan fingerprint density at radius 3 is 2.69 bits per heavy atom. The fraction of sp³-hybridized carbons (Fsp3) is 1.00. The fourth-order valence-electron chi connectivity index (χ4n) is 2.04. The highest BCUT2D eigenvalue weighted by Crippen LogP contribution is 2.47. The smallest absolute Gasteiger partial charge is 0.114 e. The third-order valence-corrected chi connectivity index (χ3v) is 3.09. The Morgan fingerprint density at radius 2 is 2.23 bits per heavy atom. The Bertz CT molecular complexity index is 184. The molecule has 1 saturated heterocycles. The molecule has 0 spiro atoms. The highest BCUT2D eigenvalue weighted by atomic mass is 19.3. The number of hydrogen-bond donors (Lipinski definition) is 0. The summed E-state index contributed by atoms with van der Waals surface area (Å²) < 4.78 is 24.5. The predicted octanol–water partition coefficient (Wildman–Crippen LogP) is 1.71. The molecule has 1 heterocycles. The average molecular weight is 191 g/mol. The van der Waals surface area contributed by atoms with E-state index >= 15 is 0 Å². The Balaban J connectivity index is 1.77. The molecule has 1 aliphatic heterocycles. The molecule has 2 nitrogen and oxygen atoms in total. The van der Waals surface area contributed by atoms with E-state index in [0.717, 1.165) is 25.9 Å². The molecule has 1 atom stereocenters. The lowest BCUT2D eigenvalue weighted by molar-refractivity contribution is -0.151. The summed E-state index contributed by atoms with van der Waals surface area (Å²) in [5.41, 5.74) is 0.0127. The Morgan fingerprint density at radius 1 is 1.46 bits per heavy atom. The first kappa shape index (κ1) is 9.34. The molecule has 2 aliphatic rings. The van der Waals surface area contributed by atoms with Crippen LogP contribution in [0.3, 0.4) is 0 Å². The summed E-state index contributed by atoms with van der Waals surface area (Å²) in [7, 11) is 0. The molecule has 0 aromatic rings. The second-order valence-electron chi connectivity index (χ2n) is 4.37. The van der Waals surface area contributed by atoms with Crippen molar-refractivity contribution in [2.45, 2.75) is 25.4 Å². The van der Waals surface area contributed by atoms with E-state index in [2.05, 4.69) is 9.84 Å². The van der Waals surface area contributed by atoms with E-state index in [4.69, 9.17) is 0 Å². The van der Waals surface area contributed by atoms with Crippen LogP contribution in [0.4, 0.5) is 8.92 Å². The number of halogens is 2. The van der Waals surface area contributed by atoms with E-state index in [9.17, 15) is 8.92 Å². The van der Waals surface area contributed by atoms with Crippen molar-refractivity contribution >= 4 is 0 Å². The Labute approximate surface area is 76.8 Å². The molecule has 4 heteroatoms. The molecule has 2 fully saturated rings. The van der Waals surface area contributed by atoms with Gasteiger partial charge in [-0.25, -0.2) is 4.39 Å². The van der Waals surface area contributed by atoms with Crippen LogP contribution in [0.25, 0.3) is 0 Å². The summed E-state index contributed by atoms with van der Waals surface area (Å²) >= 11 is 0. The lowest BCUT2D eigenvalue weighted by Crippen LogP contribution is -2.30. The second-order valence-corrected chi connectivity index (χ2v) is 4.37. The highest BCUT2D eigenvalue weighted by molar-refractivity contribution is 4.96. The maximum atomic E-state index is 12.8. The number of likely N-dealkylation sites (tertiary alicyclic amines) is 1. The maximum absolute atomic E-state index is 12.8. The molecule has 0 aromatic carbocycles. The molecule has 1 aliphatic carbocycles. The predicted molar refractivity (Wildman–Crippen MR) is 44.7 cm³/mol. The molecule has 76 valence electrons. The van der Waals surface area contributed by atoms with E-state index in [1.54, 1.807) is 0 Å². The molecule has 2 rings (SSSR count). The van der Waals surface area contributed by atoms with Gasteiger partial charge in [0.2, 0.25) is 0 Å². The van der Waals surface area contributed by atoms with Crippen molar-refractivity contribution in [1.29, 1.82) is 0 Å². The molecule has 1 saturated carbocycles. The molecule has 0 radical (unpaired) electrons. The minimum atomic E-state index is -0.679. The highest BCUT2D eigenvalue weighted by Gasteiger charge is 2.45. The molecule has 0 unspecified atom stereocenters. The van der Waals surface area contributed by atoms with Crippen LogP contribution in [-0.2, 0) is 4.94 Å². The van der Waals surface area contributed by atoms with Crippen molar-refractivity contribution in [3.05, 3.63) is 0 Å². The van der Waals surface area contributed by atoms with Gasteiger partial charge in [-0.2, -0.15) is 4.94 Å². The van der Waals surface area contributed by atoms with Crippen LogP contribution in [0.5, 0.6) is 0 Å². The Hall–Kier alpha value is -0.220. The van der Waals surface area contributed by atoms with E-state index in [0.29, 0.717) is 13.0 Å². The summed E-state index contributed by atoms with van der Waals surface area (Å²) in [5, 5.41) is 0. The van der Waals surface area contributed by atoms with E-state index < -0.39 is 6.17 Å². The zero-order valence-electron chi connectivity index (χ0n) is 7.64. The summed E-state index contributed by atoms with van der Waals surface area (Å²) in [6.45, 7) is 2.32. The van der Waals surface area contributed by atoms with Gasteiger partial charge in [0.05, 0.1) is 6.61 Å². The maximum Gasteiger partial charge on any atom is 0.114 e. The van der Waals surface area contributed by atoms with Crippen LogP contribution in [0.2, 0.25) is 0 Å². The van der Waals surface area contributed by atoms with Crippen molar-refractivity contribution in [1.82, 2.24) is 4.90 Å². The zero-order chi connectivity index (χ0) is 9.31. The van der Waals surface area contributed by atoms with Gasteiger partial charge in [0.1, 0.15) is 6.17 Å². The van der Waals surface area contributed by atoms with Crippen LogP contribution in [0, 0.1) is 5.41 Å². The SMILES string of the molecule is FOCC1(CN2CC[C@H](F)C2)CC1. The van der Waals surface area contributed by atoms with E-state index in [1.807, 2.05) is 0 Å². The van der Waals surface area contributed by atoms with Crippen LogP contribution in [0.15, 0.2) is 0 Å². The van der Waals surface area contributed by atoms with Gasteiger partial charge >= 0.3 is 0 Å². The van der Waals surface area contributed by atoms with Crippen molar-refractivity contribution in [3.63, 3.8) is 0 Å². The summed E-state index contributed by atoms with van der Waals surface area (Å²) in [6, 6.07) is 0. The van der Waals surface area contributed by atoms with Gasteiger partial charge in [0.15, 0.2) is 0 Å². The van der Waals surface area contributed by atoms with Crippen LogP contribution in [-0.4, -0.2) is 37.3 Å². The lowest BCUT2D eigenvalue weighted by atomic mass is 10.1. The molecule has 0 aromatic heterocycles. The van der Waals surface area contributed by atoms with Gasteiger partial charge in [0.25, 0.3) is 0 Å². The van der Waals surface area contributed by atoms with Gasteiger partial charge in [0, 0.05) is 25.0 Å². The van der Waals surface area contributed by atoms with Crippen molar-refractivity contribution in [2.24, 2.45) is 5.41 Å². The fourth-order valence-corrected chi connectivity index (χ4v) is 2.04. The van der Waals surface area contributed by atoms with E-state index in [1.165, 1.54) is 0 Å². The van der Waals surface area contributed by atoms with Gasteiger partial charge in [-0.15, -0.1) is 0 Å². The third kappa shape index (κ3) is 2.17. The molecular formula is C9H15F2NO. The zero-order valence-corrected chi connectivity index (χ0v) is 7.64. The van der Waals surface area contributed by atoms with Gasteiger partial charge in [-0.1, -0.05) is 0 Å². The number of hydrogen-bond acceptors (Lipinski definition) is 2. The largest absolute Gasteiger partial charge is 0.300 e. The number of rotatable bonds is 4. The molecule has 0 amide bonds. The molecule has 0 N–H and O–H groups in total. The van der Waals surface area contributed by atoms with Gasteiger partial charge in [-0.3, -0.25) is 4.90 Å². The van der Waals surface area contributed by atoms with Crippen molar-refractivity contribution < 1.29 is 13.9 Å². The monoisotopic (exact) mass is 191 g/mol. The second kappa shape index (κ2) is 3.50. The molecule has 0 bridgehead atoms. The standard InChI is InChI=1S/C9H15F2NO/c10-8-1-4-12(5-8)6-9(2-3-9)7-13-11/h8H,1-7H2/t8-/m0/s1. The summed E-state index contributed by atoms with van der Waals surface area (Å²) in [4.78, 5) is 5.77. The first-order valence-electron chi connectivity index (χ1n) is 4.84. The first-order chi connectivity index (χ1) is 6.24. The number of nitrogens with zero attached hydrogens (tertiary/aromatic N) is 1. The quantitative estimate of drug-likeness (QED) is 0.670. The van der Waals surface area contributed by atoms with Crippen LogP contribution >= 0.6 is 0 Å². The molecule has 13 heavy (non-hydrogen) atoms.